The van der Waals surface area contributed by atoms with Gasteiger partial charge in [-0.3, -0.25) is 9.69 Å². The molecule has 3 heterocycles. The van der Waals surface area contributed by atoms with Gasteiger partial charge in [-0.25, -0.2) is 4.63 Å². The van der Waals surface area contributed by atoms with Crippen LogP contribution in [0.4, 0.5) is 5.82 Å². The van der Waals surface area contributed by atoms with E-state index in [0.29, 0.717) is 26.0 Å². The van der Waals surface area contributed by atoms with Gasteiger partial charge in [-0.2, -0.15) is 0 Å². The number of hydrogen-bond acceptors (Lipinski definition) is 8. The van der Waals surface area contributed by atoms with Crippen LogP contribution in [-0.4, -0.2) is 83.8 Å². The first-order chi connectivity index (χ1) is 15.0. The lowest BCUT2D eigenvalue weighted by molar-refractivity contribution is -0.129. The predicted molar refractivity (Wildman–Crippen MR) is 115 cm³/mol. The number of hydrogen-bond donors (Lipinski definition) is 2. The molecule has 9 heteroatoms. The number of piperazine rings is 1. The lowest BCUT2D eigenvalue weighted by Crippen LogP contribution is -2.58. The number of anilines is 1. The van der Waals surface area contributed by atoms with E-state index in [1.807, 2.05) is 38.1 Å². The highest BCUT2D eigenvalue weighted by atomic mass is 16.6. The van der Waals surface area contributed by atoms with Gasteiger partial charge in [0.2, 0.25) is 5.91 Å². The van der Waals surface area contributed by atoms with Gasteiger partial charge in [0.15, 0.2) is 5.82 Å². The summed E-state index contributed by atoms with van der Waals surface area (Å²) in [6, 6.07) is 7.64. The Kier molecular flexibility index (Phi) is 6.84. The van der Waals surface area contributed by atoms with E-state index in [2.05, 4.69) is 25.4 Å². The highest BCUT2D eigenvalue weighted by Crippen LogP contribution is 2.20. The van der Waals surface area contributed by atoms with Crippen LogP contribution in [0, 0.1) is 13.8 Å². The van der Waals surface area contributed by atoms with Gasteiger partial charge in [0.05, 0.1) is 18.6 Å². The molecule has 1 aromatic heterocycles. The number of carbonyl (C=O) groups excluding carboxylic acids is 1. The molecule has 4 rings (SSSR count). The monoisotopic (exact) mass is 429 g/mol. The van der Waals surface area contributed by atoms with E-state index < -0.39 is 6.10 Å². The van der Waals surface area contributed by atoms with Crippen molar-refractivity contribution in [2.24, 2.45) is 0 Å². The van der Waals surface area contributed by atoms with Crippen molar-refractivity contribution in [2.75, 3.05) is 44.2 Å². The van der Waals surface area contributed by atoms with Crippen LogP contribution in [0.2, 0.25) is 0 Å². The zero-order chi connectivity index (χ0) is 21.8. The molecule has 2 aliphatic rings. The van der Waals surface area contributed by atoms with Crippen LogP contribution < -0.4 is 10.2 Å². The summed E-state index contributed by atoms with van der Waals surface area (Å²) in [6.07, 6.45) is -0.117. The molecule has 2 aliphatic heterocycles. The third-order valence-electron chi connectivity index (χ3n) is 6.09. The summed E-state index contributed by atoms with van der Waals surface area (Å²) >= 11 is 0. The lowest BCUT2D eigenvalue weighted by atomic mass is 9.98. The van der Waals surface area contributed by atoms with E-state index in [4.69, 9.17) is 9.37 Å². The molecule has 0 bridgehead atoms. The summed E-state index contributed by atoms with van der Waals surface area (Å²) in [5.41, 5.74) is 2.90. The van der Waals surface area contributed by atoms with Crippen molar-refractivity contribution < 1.29 is 19.3 Å². The second-order valence-electron chi connectivity index (χ2n) is 8.49. The smallest absolute Gasteiger partial charge is 0.224 e. The first kappa shape index (κ1) is 21.7. The fourth-order valence-corrected chi connectivity index (χ4v) is 4.37. The summed E-state index contributed by atoms with van der Waals surface area (Å²) < 4.78 is 10.7. The van der Waals surface area contributed by atoms with Crippen molar-refractivity contribution >= 4 is 11.7 Å². The molecule has 0 radical (unpaired) electrons. The lowest BCUT2D eigenvalue weighted by Gasteiger charge is -2.40. The van der Waals surface area contributed by atoms with E-state index in [0.717, 1.165) is 48.8 Å². The fraction of sp³-hybridized carbons (Fsp3) is 0.591. The molecular formula is C22H31N5O4. The number of carbonyl (C=O) groups is 1. The molecule has 1 aromatic carbocycles. The van der Waals surface area contributed by atoms with Crippen molar-refractivity contribution in [3.8, 4) is 0 Å². The molecule has 2 fully saturated rings. The fourth-order valence-electron chi connectivity index (χ4n) is 4.37. The molecule has 0 aliphatic carbocycles. The van der Waals surface area contributed by atoms with E-state index in [1.54, 1.807) is 0 Å². The Balaban J connectivity index is 1.26. The largest absolute Gasteiger partial charge is 0.388 e. The predicted octanol–water partition coefficient (Wildman–Crippen LogP) is 0.686. The number of aromatic nitrogens is 2. The van der Waals surface area contributed by atoms with Crippen LogP contribution in [0.5, 0.6) is 0 Å². The van der Waals surface area contributed by atoms with E-state index in [1.165, 1.54) is 0 Å². The molecule has 0 unspecified atom stereocenters. The van der Waals surface area contributed by atoms with Crippen molar-refractivity contribution in [1.29, 1.82) is 0 Å². The molecule has 3 atom stereocenters. The van der Waals surface area contributed by atoms with Crippen LogP contribution in [0.3, 0.4) is 0 Å². The van der Waals surface area contributed by atoms with E-state index in [-0.39, 0.29) is 18.1 Å². The molecule has 31 heavy (non-hydrogen) atoms. The summed E-state index contributed by atoms with van der Waals surface area (Å²) in [6.45, 7) is 8.36. The summed E-state index contributed by atoms with van der Waals surface area (Å²) in [5.74, 6) is 0.727. The molecular weight excluding hydrogens is 398 g/mol. The number of nitrogens with one attached hydrogen (secondary N) is 1. The maximum Gasteiger partial charge on any atom is 0.224 e. The Bertz CT molecular complexity index is 880. The average molecular weight is 430 g/mol. The number of rotatable bonds is 6. The zero-order valence-corrected chi connectivity index (χ0v) is 18.2. The van der Waals surface area contributed by atoms with Gasteiger partial charge in [0.1, 0.15) is 11.8 Å². The standard InChI is InChI=1S/C22H31N5O4/c1-15-4-3-5-17(12-15)13-20(28)23-18-6-11-30-19(21(18)29)14-26-7-9-27(10-8-26)22-16(2)24-31-25-22/h3-5,12,18-19,21,29H,6-11,13-14H2,1-2H3,(H,23,28)/t18-,19+,21-/m0/s1. The van der Waals surface area contributed by atoms with Gasteiger partial charge in [-0.15, -0.1) is 0 Å². The molecule has 9 nitrogen and oxygen atoms in total. The number of aryl methyl sites for hydroxylation is 2. The molecule has 0 saturated carbocycles. The zero-order valence-electron chi connectivity index (χ0n) is 18.2. The van der Waals surface area contributed by atoms with Crippen molar-refractivity contribution in [3.05, 3.63) is 41.1 Å². The van der Waals surface area contributed by atoms with Crippen LogP contribution in [0.25, 0.3) is 0 Å². The Morgan fingerprint density at radius 2 is 2.03 bits per heavy atom. The van der Waals surface area contributed by atoms with Gasteiger partial charge >= 0.3 is 0 Å². The van der Waals surface area contributed by atoms with Crippen molar-refractivity contribution in [1.82, 2.24) is 20.5 Å². The summed E-state index contributed by atoms with van der Waals surface area (Å²) in [5, 5.41) is 21.7. The number of aliphatic hydroxyl groups is 1. The van der Waals surface area contributed by atoms with E-state index >= 15 is 0 Å². The minimum Gasteiger partial charge on any atom is -0.388 e. The van der Waals surface area contributed by atoms with Crippen molar-refractivity contribution in [2.45, 2.75) is 44.9 Å². The Hall–Kier alpha value is -2.49. The Labute approximate surface area is 182 Å². The van der Waals surface area contributed by atoms with Crippen molar-refractivity contribution in [3.63, 3.8) is 0 Å². The number of aliphatic hydroxyl groups excluding tert-OH is 1. The third kappa shape index (κ3) is 5.41. The van der Waals surface area contributed by atoms with Gasteiger partial charge in [-0.05, 0) is 31.0 Å². The Morgan fingerprint density at radius 1 is 1.23 bits per heavy atom. The third-order valence-corrected chi connectivity index (χ3v) is 6.09. The normalized spacial score (nSPS) is 24.9. The first-order valence-electron chi connectivity index (χ1n) is 10.9. The van der Waals surface area contributed by atoms with Crippen LogP contribution in [-0.2, 0) is 16.0 Å². The maximum absolute atomic E-state index is 12.5. The van der Waals surface area contributed by atoms with Gasteiger partial charge in [0, 0.05) is 39.3 Å². The van der Waals surface area contributed by atoms with Crippen LogP contribution in [0.1, 0.15) is 23.2 Å². The molecule has 168 valence electrons. The van der Waals surface area contributed by atoms with E-state index in [9.17, 15) is 9.90 Å². The highest BCUT2D eigenvalue weighted by molar-refractivity contribution is 5.79. The minimum absolute atomic E-state index is 0.0690. The summed E-state index contributed by atoms with van der Waals surface area (Å²) in [7, 11) is 0. The number of ether oxygens (including phenoxy) is 1. The topological polar surface area (TPSA) is 104 Å². The SMILES string of the molecule is Cc1cccc(CC(=O)N[C@H]2CCO[C@H](CN3CCN(c4nonc4C)CC3)[C@H]2O)c1. The van der Waals surface area contributed by atoms with Gasteiger partial charge in [-0.1, -0.05) is 35.0 Å². The summed E-state index contributed by atoms with van der Waals surface area (Å²) in [4.78, 5) is 17.0. The molecule has 0 spiro atoms. The van der Waals surface area contributed by atoms with Gasteiger partial charge < -0.3 is 20.1 Å². The molecule has 2 aromatic rings. The second kappa shape index (κ2) is 9.76. The van der Waals surface area contributed by atoms with Gasteiger partial charge in [0.25, 0.3) is 0 Å². The highest BCUT2D eigenvalue weighted by Gasteiger charge is 2.35. The number of benzene rings is 1. The Morgan fingerprint density at radius 3 is 2.74 bits per heavy atom. The average Bonchev–Trinajstić information content (AvgIpc) is 3.17. The number of nitrogens with zero attached hydrogens (tertiary/aromatic N) is 4. The first-order valence-corrected chi connectivity index (χ1v) is 10.9. The number of amides is 1. The maximum atomic E-state index is 12.5. The second-order valence-corrected chi connectivity index (χ2v) is 8.49. The molecule has 2 N–H and O–H groups in total. The van der Waals surface area contributed by atoms with Crippen LogP contribution in [0.15, 0.2) is 28.9 Å². The van der Waals surface area contributed by atoms with Crippen LogP contribution >= 0.6 is 0 Å². The molecule has 2 saturated heterocycles. The quantitative estimate of drug-likeness (QED) is 0.691. The molecule has 1 amide bonds. The minimum atomic E-state index is -0.727.